The lowest BCUT2D eigenvalue weighted by Gasteiger charge is -2.34. The topological polar surface area (TPSA) is 82.6 Å². The summed E-state index contributed by atoms with van der Waals surface area (Å²) in [6.07, 6.45) is 6.04. The summed E-state index contributed by atoms with van der Waals surface area (Å²) in [6, 6.07) is 10.4. The first-order chi connectivity index (χ1) is 17.7. The van der Waals surface area contributed by atoms with Crippen LogP contribution in [0.15, 0.2) is 41.3 Å². The van der Waals surface area contributed by atoms with Gasteiger partial charge in [0.1, 0.15) is 11.6 Å². The minimum atomic E-state index is -3.47. The predicted octanol–water partition coefficient (Wildman–Crippen LogP) is 5.77. The number of rotatable bonds is 6. The summed E-state index contributed by atoms with van der Waals surface area (Å²) in [5.74, 6) is 1.43. The lowest BCUT2D eigenvalue weighted by molar-refractivity contribution is 0.102. The molecule has 1 spiro atoms. The summed E-state index contributed by atoms with van der Waals surface area (Å²) in [6.45, 7) is 14.0. The summed E-state index contributed by atoms with van der Waals surface area (Å²) >= 11 is 0. The molecule has 2 saturated heterocycles. The average molecular weight is 539 g/mol. The minimum absolute atomic E-state index is 0.0384. The number of pyridine rings is 1. The Morgan fingerprint density at radius 2 is 1.66 bits per heavy atom. The van der Waals surface area contributed by atoms with Gasteiger partial charge in [0.15, 0.2) is 9.84 Å². The van der Waals surface area contributed by atoms with Crippen molar-refractivity contribution in [3.63, 3.8) is 0 Å². The Hall–Kier alpha value is -2.61. The number of sulfone groups is 1. The van der Waals surface area contributed by atoms with Gasteiger partial charge >= 0.3 is 0 Å². The van der Waals surface area contributed by atoms with Crippen LogP contribution in [0.2, 0.25) is 0 Å². The van der Waals surface area contributed by atoms with Crippen LogP contribution in [0.5, 0.6) is 0 Å². The Morgan fingerprint density at radius 1 is 0.974 bits per heavy atom. The maximum atomic E-state index is 13.6. The zero-order valence-electron chi connectivity index (χ0n) is 23.5. The van der Waals surface area contributed by atoms with E-state index in [9.17, 15) is 13.2 Å². The quantitative estimate of drug-likeness (QED) is 0.503. The third-order valence-electron chi connectivity index (χ3n) is 8.26. The molecule has 0 atom stereocenters. The molecule has 0 radical (unpaired) electrons. The lowest BCUT2D eigenvalue weighted by Crippen LogP contribution is -2.37. The molecular formula is C30H42N4O3S. The van der Waals surface area contributed by atoms with Crippen molar-refractivity contribution in [2.24, 2.45) is 16.2 Å². The fraction of sp³-hybridized carbons (Fsp3) is 0.600. The summed E-state index contributed by atoms with van der Waals surface area (Å²) < 4.78 is 25.9. The van der Waals surface area contributed by atoms with E-state index in [1.807, 2.05) is 32.9 Å². The van der Waals surface area contributed by atoms with Crippen molar-refractivity contribution in [3.05, 3.63) is 42.0 Å². The Morgan fingerprint density at radius 3 is 2.26 bits per heavy atom. The number of anilines is 3. The molecule has 8 heteroatoms. The van der Waals surface area contributed by atoms with E-state index >= 15 is 0 Å². The van der Waals surface area contributed by atoms with Crippen molar-refractivity contribution in [3.8, 4) is 0 Å². The Balaban J connectivity index is 1.41. The van der Waals surface area contributed by atoms with Gasteiger partial charge in [0, 0.05) is 31.9 Å². The molecule has 2 aliphatic heterocycles. The van der Waals surface area contributed by atoms with Gasteiger partial charge in [0.05, 0.1) is 16.2 Å². The highest BCUT2D eigenvalue weighted by atomic mass is 32.2. The Kier molecular flexibility index (Phi) is 6.77. The van der Waals surface area contributed by atoms with Gasteiger partial charge in [-0.15, -0.1) is 0 Å². The maximum Gasteiger partial charge on any atom is 0.259 e. The number of aromatic nitrogens is 1. The highest BCUT2D eigenvalue weighted by molar-refractivity contribution is 7.91. The number of amides is 1. The molecule has 3 heterocycles. The smallest absolute Gasteiger partial charge is 0.259 e. The number of nitrogens with one attached hydrogen (secondary N) is 1. The molecule has 1 aliphatic carbocycles. The summed E-state index contributed by atoms with van der Waals surface area (Å²) in [5, 5.41) is 2.96. The van der Waals surface area contributed by atoms with Gasteiger partial charge < -0.3 is 15.1 Å². The molecule has 7 nitrogen and oxygen atoms in total. The van der Waals surface area contributed by atoms with E-state index in [1.165, 1.54) is 12.8 Å². The van der Waals surface area contributed by atoms with Crippen LogP contribution in [0.25, 0.3) is 0 Å². The summed E-state index contributed by atoms with van der Waals surface area (Å²) in [4.78, 5) is 23.5. The van der Waals surface area contributed by atoms with Gasteiger partial charge in [-0.25, -0.2) is 13.4 Å². The minimum Gasteiger partial charge on any atom is -0.356 e. The molecule has 1 aromatic heterocycles. The first kappa shape index (κ1) is 27.0. The maximum absolute atomic E-state index is 13.6. The molecule has 0 bridgehead atoms. The van der Waals surface area contributed by atoms with Crippen molar-refractivity contribution in [2.75, 3.05) is 47.0 Å². The largest absolute Gasteiger partial charge is 0.356 e. The number of carbonyl (C=O) groups is 1. The third kappa shape index (κ3) is 6.00. The second-order valence-corrected chi connectivity index (χ2v) is 15.7. The zero-order valence-corrected chi connectivity index (χ0v) is 24.3. The highest BCUT2D eigenvalue weighted by Gasteiger charge is 2.45. The zero-order chi connectivity index (χ0) is 27.3. The van der Waals surface area contributed by atoms with Gasteiger partial charge in [-0.2, -0.15) is 0 Å². The van der Waals surface area contributed by atoms with E-state index in [0.29, 0.717) is 16.7 Å². The number of nitrogens with zero attached hydrogens (tertiary/aromatic N) is 3. The third-order valence-corrected chi connectivity index (χ3v) is 10.5. The van der Waals surface area contributed by atoms with Crippen LogP contribution >= 0.6 is 0 Å². The molecule has 38 heavy (non-hydrogen) atoms. The van der Waals surface area contributed by atoms with E-state index in [2.05, 4.69) is 29.0 Å². The number of hydrogen-bond acceptors (Lipinski definition) is 6. The molecule has 1 N–H and O–H groups in total. The van der Waals surface area contributed by atoms with E-state index in [-0.39, 0.29) is 27.4 Å². The molecule has 1 amide bonds. The van der Waals surface area contributed by atoms with Gasteiger partial charge in [-0.1, -0.05) is 40.7 Å². The van der Waals surface area contributed by atoms with Crippen LogP contribution in [-0.2, 0) is 9.84 Å². The Labute approximate surface area is 227 Å². The lowest BCUT2D eigenvalue weighted by atomic mass is 9.93. The number of carbonyl (C=O) groups excluding carboxylic acids is 1. The van der Waals surface area contributed by atoms with Crippen molar-refractivity contribution in [1.29, 1.82) is 0 Å². The van der Waals surface area contributed by atoms with Crippen molar-refractivity contribution in [2.45, 2.75) is 71.6 Å². The number of piperidine rings is 1. The van der Waals surface area contributed by atoms with Crippen LogP contribution in [0.1, 0.15) is 77.1 Å². The molecule has 3 fully saturated rings. The first-order valence-corrected chi connectivity index (χ1v) is 15.5. The Bertz CT molecular complexity index is 1320. The van der Waals surface area contributed by atoms with E-state index in [0.717, 1.165) is 57.1 Å². The van der Waals surface area contributed by atoms with E-state index in [4.69, 9.17) is 4.98 Å². The fourth-order valence-electron chi connectivity index (χ4n) is 5.83. The van der Waals surface area contributed by atoms with E-state index < -0.39 is 9.84 Å². The molecule has 2 aromatic rings. The molecule has 1 saturated carbocycles. The van der Waals surface area contributed by atoms with Gasteiger partial charge in [0.2, 0.25) is 0 Å². The molecule has 206 valence electrons. The second kappa shape index (κ2) is 9.54. The first-order valence-electron chi connectivity index (χ1n) is 13.9. The molecular weight excluding hydrogens is 496 g/mol. The fourth-order valence-corrected chi connectivity index (χ4v) is 7.73. The van der Waals surface area contributed by atoms with Crippen LogP contribution in [0.3, 0.4) is 0 Å². The van der Waals surface area contributed by atoms with Crippen LogP contribution in [-0.4, -0.2) is 51.2 Å². The monoisotopic (exact) mass is 538 g/mol. The van der Waals surface area contributed by atoms with E-state index in [1.54, 1.807) is 24.3 Å². The average Bonchev–Trinajstić information content (AvgIpc) is 3.48. The standard InChI is InChI=1S/C30H42N4O3S/c1-28(2,3)21-38(36,37)23-8-6-7-22(19-23)31-27(35)24-9-10-25(34-16-13-29(4,5)20-34)32-26(24)33-17-14-30(11-12-30)15-18-33/h6-10,19H,11-18,20-21H2,1-5H3,(H,31,35). The van der Waals surface area contributed by atoms with Crippen LogP contribution < -0.4 is 15.1 Å². The molecule has 1 aromatic carbocycles. The highest BCUT2D eigenvalue weighted by Crippen LogP contribution is 2.54. The molecule has 5 rings (SSSR count). The molecule has 0 unspecified atom stereocenters. The van der Waals surface area contributed by atoms with Gasteiger partial charge in [-0.05, 0) is 78.7 Å². The van der Waals surface area contributed by atoms with Crippen LogP contribution in [0, 0.1) is 16.2 Å². The number of benzene rings is 1. The summed E-state index contributed by atoms with van der Waals surface area (Å²) in [5.41, 5.74) is 1.41. The number of hydrogen-bond donors (Lipinski definition) is 1. The summed E-state index contributed by atoms with van der Waals surface area (Å²) in [7, 11) is -3.47. The molecule has 3 aliphatic rings. The van der Waals surface area contributed by atoms with Crippen molar-refractivity contribution >= 4 is 33.1 Å². The van der Waals surface area contributed by atoms with Crippen molar-refractivity contribution < 1.29 is 13.2 Å². The second-order valence-electron chi connectivity index (χ2n) is 13.7. The van der Waals surface area contributed by atoms with Gasteiger partial charge in [-0.3, -0.25) is 4.79 Å². The normalized spacial score (nSPS) is 20.6. The SMILES string of the molecule is CC(C)(C)CS(=O)(=O)c1cccc(NC(=O)c2ccc(N3CCC(C)(C)C3)nc2N2CCC3(CC2)CC3)c1. The van der Waals surface area contributed by atoms with Crippen LogP contribution in [0.4, 0.5) is 17.3 Å². The predicted molar refractivity (Wildman–Crippen MR) is 154 cm³/mol. The van der Waals surface area contributed by atoms with Gasteiger partial charge in [0.25, 0.3) is 5.91 Å². The van der Waals surface area contributed by atoms with Crippen molar-refractivity contribution in [1.82, 2.24) is 4.98 Å².